The van der Waals surface area contributed by atoms with Crippen LogP contribution in [0.2, 0.25) is 0 Å². The van der Waals surface area contributed by atoms with Gasteiger partial charge in [-0.05, 0) is 48.8 Å². The van der Waals surface area contributed by atoms with Gasteiger partial charge in [-0.25, -0.2) is 0 Å². The molecule has 0 spiro atoms. The zero-order valence-corrected chi connectivity index (χ0v) is 10.0. The number of nitrogens with zero attached hydrogens (tertiary/aromatic N) is 1. The van der Waals surface area contributed by atoms with Gasteiger partial charge in [-0.15, -0.1) is 0 Å². The van der Waals surface area contributed by atoms with E-state index in [1.807, 2.05) is 12.1 Å². The van der Waals surface area contributed by atoms with Crippen LogP contribution in [-0.2, 0) is 6.42 Å². The number of pyridine rings is 1. The third kappa shape index (κ3) is 2.27. The van der Waals surface area contributed by atoms with Crippen molar-refractivity contribution in [2.24, 2.45) is 5.41 Å². The topological polar surface area (TPSA) is 33.1 Å². The van der Waals surface area contributed by atoms with Gasteiger partial charge in [-0.3, -0.25) is 4.98 Å². The fourth-order valence-corrected chi connectivity index (χ4v) is 2.96. The minimum absolute atomic E-state index is 0.184. The fourth-order valence-electron chi connectivity index (χ4n) is 2.96. The van der Waals surface area contributed by atoms with Crippen LogP contribution in [0.25, 0.3) is 0 Å². The van der Waals surface area contributed by atoms with Gasteiger partial charge in [0.25, 0.3) is 0 Å². The molecule has 2 rings (SSSR count). The van der Waals surface area contributed by atoms with Crippen LogP contribution >= 0.6 is 0 Å². The second-order valence-corrected chi connectivity index (χ2v) is 5.00. The number of rotatable bonds is 4. The third-order valence-electron chi connectivity index (χ3n) is 4.19. The summed E-state index contributed by atoms with van der Waals surface area (Å²) in [6.45, 7) is 2.21. The number of hydrogen-bond acceptors (Lipinski definition) is 2. The normalized spacial score (nSPS) is 20.9. The van der Waals surface area contributed by atoms with E-state index >= 15 is 0 Å². The lowest BCUT2D eigenvalue weighted by Gasteiger charge is -2.33. The van der Waals surface area contributed by atoms with Crippen LogP contribution in [0.4, 0.5) is 0 Å². The molecule has 0 saturated heterocycles. The maximum atomic E-state index is 10.4. The first-order chi connectivity index (χ1) is 7.77. The molecule has 1 saturated carbocycles. The molecular weight excluding hydrogens is 198 g/mol. The van der Waals surface area contributed by atoms with E-state index in [1.165, 1.54) is 31.2 Å². The van der Waals surface area contributed by atoms with Gasteiger partial charge in [-0.1, -0.05) is 19.8 Å². The summed E-state index contributed by atoms with van der Waals surface area (Å²) in [5.74, 6) is 0. The monoisotopic (exact) mass is 219 g/mol. The van der Waals surface area contributed by atoms with Crippen LogP contribution in [0.15, 0.2) is 24.5 Å². The largest absolute Gasteiger partial charge is 0.392 e. The third-order valence-corrected chi connectivity index (χ3v) is 4.19. The number of aromatic nitrogens is 1. The second kappa shape index (κ2) is 4.96. The molecule has 1 heterocycles. The molecule has 0 aliphatic heterocycles. The fraction of sp³-hybridized carbons (Fsp3) is 0.643. The van der Waals surface area contributed by atoms with Crippen LogP contribution in [-0.4, -0.2) is 16.2 Å². The van der Waals surface area contributed by atoms with E-state index in [4.69, 9.17) is 0 Å². The van der Waals surface area contributed by atoms with Crippen molar-refractivity contribution in [2.45, 2.75) is 51.6 Å². The van der Waals surface area contributed by atoms with Crippen molar-refractivity contribution in [1.82, 2.24) is 4.98 Å². The Morgan fingerprint density at radius 2 is 1.94 bits per heavy atom. The zero-order valence-electron chi connectivity index (χ0n) is 10.0. The molecule has 1 aromatic heterocycles. The van der Waals surface area contributed by atoms with E-state index in [-0.39, 0.29) is 11.5 Å². The van der Waals surface area contributed by atoms with Crippen molar-refractivity contribution in [3.05, 3.63) is 30.1 Å². The Morgan fingerprint density at radius 1 is 1.31 bits per heavy atom. The van der Waals surface area contributed by atoms with Crippen LogP contribution in [0.5, 0.6) is 0 Å². The van der Waals surface area contributed by atoms with Crippen LogP contribution in [0.3, 0.4) is 0 Å². The first-order valence-electron chi connectivity index (χ1n) is 6.34. The molecule has 0 bridgehead atoms. The van der Waals surface area contributed by atoms with Gasteiger partial charge >= 0.3 is 0 Å². The summed E-state index contributed by atoms with van der Waals surface area (Å²) in [7, 11) is 0. The van der Waals surface area contributed by atoms with E-state index in [0.29, 0.717) is 0 Å². The Bertz CT molecular complexity index is 317. The molecule has 1 atom stereocenters. The van der Waals surface area contributed by atoms with Crippen molar-refractivity contribution in [2.75, 3.05) is 0 Å². The van der Waals surface area contributed by atoms with Gasteiger partial charge in [-0.2, -0.15) is 0 Å². The predicted molar refractivity (Wildman–Crippen MR) is 65.1 cm³/mol. The molecule has 2 heteroatoms. The van der Waals surface area contributed by atoms with Gasteiger partial charge in [0, 0.05) is 12.4 Å². The highest BCUT2D eigenvalue weighted by Crippen LogP contribution is 2.44. The molecule has 1 fully saturated rings. The number of aliphatic hydroxyl groups excluding tert-OH is 1. The van der Waals surface area contributed by atoms with Crippen LogP contribution in [0.1, 0.15) is 44.6 Å². The smallest absolute Gasteiger partial charge is 0.0636 e. The average Bonchev–Trinajstić information content (AvgIpc) is 2.80. The highest BCUT2D eigenvalue weighted by atomic mass is 16.3. The Hall–Kier alpha value is -0.890. The summed E-state index contributed by atoms with van der Waals surface area (Å²) in [5.41, 5.74) is 1.38. The Morgan fingerprint density at radius 3 is 2.50 bits per heavy atom. The standard InChI is InChI=1S/C14H21NO/c1-2-14(7-3-4-8-14)13(16)11-12-5-9-15-10-6-12/h5-6,9-10,13,16H,2-4,7-8,11H2,1H3. The highest BCUT2D eigenvalue weighted by molar-refractivity contribution is 5.12. The SMILES string of the molecule is CCC1(C(O)Cc2ccncc2)CCCC1. The maximum absolute atomic E-state index is 10.4. The van der Waals surface area contributed by atoms with E-state index in [0.717, 1.165) is 12.8 Å². The lowest BCUT2D eigenvalue weighted by Crippen LogP contribution is -2.33. The Balaban J connectivity index is 2.04. The molecule has 1 aliphatic rings. The molecule has 88 valence electrons. The van der Waals surface area contributed by atoms with Gasteiger partial charge < -0.3 is 5.11 Å². The van der Waals surface area contributed by atoms with E-state index in [2.05, 4.69) is 11.9 Å². The van der Waals surface area contributed by atoms with Crippen molar-refractivity contribution >= 4 is 0 Å². The first-order valence-corrected chi connectivity index (χ1v) is 6.34. The van der Waals surface area contributed by atoms with Gasteiger partial charge in [0.1, 0.15) is 0 Å². The van der Waals surface area contributed by atoms with E-state index in [1.54, 1.807) is 12.4 Å². The van der Waals surface area contributed by atoms with Crippen molar-refractivity contribution in [3.8, 4) is 0 Å². The lowest BCUT2D eigenvalue weighted by molar-refractivity contribution is 0.0257. The molecule has 0 radical (unpaired) electrons. The molecule has 1 aliphatic carbocycles. The van der Waals surface area contributed by atoms with Gasteiger partial charge in [0.15, 0.2) is 0 Å². The second-order valence-electron chi connectivity index (χ2n) is 5.00. The molecule has 1 N–H and O–H groups in total. The summed E-state index contributed by atoms with van der Waals surface area (Å²) < 4.78 is 0. The quantitative estimate of drug-likeness (QED) is 0.844. The van der Waals surface area contributed by atoms with Crippen molar-refractivity contribution in [3.63, 3.8) is 0 Å². The minimum Gasteiger partial charge on any atom is -0.392 e. The average molecular weight is 219 g/mol. The lowest BCUT2D eigenvalue weighted by atomic mass is 9.76. The molecule has 2 nitrogen and oxygen atoms in total. The summed E-state index contributed by atoms with van der Waals surface area (Å²) in [6.07, 6.45) is 10.2. The number of hydrogen-bond donors (Lipinski definition) is 1. The van der Waals surface area contributed by atoms with Crippen LogP contribution in [0, 0.1) is 5.41 Å². The van der Waals surface area contributed by atoms with Gasteiger partial charge in [0.2, 0.25) is 0 Å². The Labute approximate surface area is 97.7 Å². The molecule has 0 amide bonds. The molecule has 0 aromatic carbocycles. The van der Waals surface area contributed by atoms with E-state index in [9.17, 15) is 5.11 Å². The minimum atomic E-state index is -0.192. The highest BCUT2D eigenvalue weighted by Gasteiger charge is 2.38. The Kier molecular flexibility index (Phi) is 3.59. The summed E-state index contributed by atoms with van der Waals surface area (Å²) in [5, 5.41) is 10.4. The van der Waals surface area contributed by atoms with Crippen LogP contribution < -0.4 is 0 Å². The maximum Gasteiger partial charge on any atom is 0.0636 e. The summed E-state index contributed by atoms with van der Waals surface area (Å²) in [4.78, 5) is 4.01. The summed E-state index contributed by atoms with van der Waals surface area (Å²) >= 11 is 0. The first kappa shape index (κ1) is 11.6. The van der Waals surface area contributed by atoms with Gasteiger partial charge in [0.05, 0.1) is 6.10 Å². The van der Waals surface area contributed by atoms with Crippen molar-refractivity contribution in [1.29, 1.82) is 0 Å². The molecule has 1 unspecified atom stereocenters. The molecular formula is C14H21NO. The zero-order chi connectivity index (χ0) is 11.4. The molecule has 1 aromatic rings. The predicted octanol–water partition coefficient (Wildman–Crippen LogP) is 2.96. The number of aliphatic hydroxyl groups is 1. The van der Waals surface area contributed by atoms with E-state index < -0.39 is 0 Å². The summed E-state index contributed by atoms with van der Waals surface area (Å²) in [6, 6.07) is 4.00. The van der Waals surface area contributed by atoms with Crippen molar-refractivity contribution < 1.29 is 5.11 Å². The molecule has 16 heavy (non-hydrogen) atoms.